The lowest BCUT2D eigenvalue weighted by molar-refractivity contribution is -0.605. The zero-order valence-electron chi connectivity index (χ0n) is 13.5. The zero-order chi connectivity index (χ0) is 17.8. The first-order valence-corrected chi connectivity index (χ1v) is 7.73. The molecule has 0 spiro atoms. The van der Waals surface area contributed by atoms with Gasteiger partial charge in [0.15, 0.2) is 18.2 Å². The van der Waals surface area contributed by atoms with Gasteiger partial charge in [-0.2, -0.15) is 4.73 Å². The van der Waals surface area contributed by atoms with Crippen LogP contribution in [0.5, 0.6) is 0 Å². The van der Waals surface area contributed by atoms with Gasteiger partial charge >= 0.3 is 0 Å². The van der Waals surface area contributed by atoms with Gasteiger partial charge in [-0.25, -0.2) is 18.7 Å². The minimum absolute atomic E-state index is 0.248. The molecule has 0 atom stereocenters. The average molecular weight is 342 g/mol. The van der Waals surface area contributed by atoms with E-state index in [1.165, 1.54) is 24.5 Å². The van der Waals surface area contributed by atoms with Crippen molar-refractivity contribution < 1.29 is 13.5 Å². The Morgan fingerprint density at radius 3 is 2.60 bits per heavy atom. The van der Waals surface area contributed by atoms with Gasteiger partial charge in [-0.15, -0.1) is 0 Å². The molecule has 0 aliphatic carbocycles. The number of aromatic nitrogens is 3. The molecule has 7 heteroatoms. The van der Waals surface area contributed by atoms with Gasteiger partial charge in [0.25, 0.3) is 0 Å². The van der Waals surface area contributed by atoms with Gasteiger partial charge in [-0.1, -0.05) is 0 Å². The standard InChI is InChI=1S/C18H16F2N4O/c1-12-7-17(21-5-4-13-3-2-6-24(25)11-13)23-18(22-12)14-8-15(19)10-16(20)9-14/h2-3,6-11H,4-5H2,1H3,(H,21,22,23). The topological polar surface area (TPSA) is 64.8 Å². The second kappa shape index (κ2) is 7.21. The van der Waals surface area contributed by atoms with Crippen LogP contribution in [0.1, 0.15) is 11.3 Å². The molecular formula is C18H16F2N4O. The van der Waals surface area contributed by atoms with Crippen molar-refractivity contribution >= 4 is 5.82 Å². The molecule has 0 radical (unpaired) electrons. The van der Waals surface area contributed by atoms with E-state index in [9.17, 15) is 14.0 Å². The zero-order valence-corrected chi connectivity index (χ0v) is 13.5. The maximum atomic E-state index is 13.4. The first-order chi connectivity index (χ1) is 12.0. The van der Waals surface area contributed by atoms with E-state index in [4.69, 9.17) is 0 Å². The predicted molar refractivity (Wildman–Crippen MR) is 89.7 cm³/mol. The number of nitrogens with zero attached hydrogens (tertiary/aromatic N) is 3. The molecule has 0 unspecified atom stereocenters. The Labute approximate surface area is 143 Å². The van der Waals surface area contributed by atoms with Crippen molar-refractivity contribution in [1.29, 1.82) is 0 Å². The van der Waals surface area contributed by atoms with Crippen LogP contribution in [0, 0.1) is 23.8 Å². The fraction of sp³-hybridized carbons (Fsp3) is 0.167. The fourth-order valence-corrected chi connectivity index (χ4v) is 2.45. The van der Waals surface area contributed by atoms with Crippen LogP contribution < -0.4 is 10.0 Å². The van der Waals surface area contributed by atoms with Crippen LogP contribution in [0.2, 0.25) is 0 Å². The van der Waals surface area contributed by atoms with Crippen LogP contribution in [0.4, 0.5) is 14.6 Å². The highest BCUT2D eigenvalue weighted by Gasteiger charge is 2.08. The first-order valence-electron chi connectivity index (χ1n) is 7.73. The molecule has 0 bridgehead atoms. The van der Waals surface area contributed by atoms with Crippen molar-refractivity contribution in [2.45, 2.75) is 13.3 Å². The maximum absolute atomic E-state index is 13.4. The summed E-state index contributed by atoms with van der Waals surface area (Å²) in [6, 6.07) is 8.49. The molecule has 2 aromatic heterocycles. The van der Waals surface area contributed by atoms with Gasteiger partial charge in [-0.3, -0.25) is 0 Å². The molecule has 0 saturated heterocycles. The molecule has 128 valence electrons. The summed E-state index contributed by atoms with van der Waals surface area (Å²) in [5.74, 6) is -0.551. The summed E-state index contributed by atoms with van der Waals surface area (Å²) in [6.45, 7) is 2.33. The van der Waals surface area contributed by atoms with Gasteiger partial charge in [0.2, 0.25) is 0 Å². The molecule has 3 aromatic rings. The van der Waals surface area contributed by atoms with Gasteiger partial charge in [0, 0.05) is 41.6 Å². The number of rotatable bonds is 5. The molecule has 5 nitrogen and oxygen atoms in total. The smallest absolute Gasteiger partial charge is 0.183 e. The maximum Gasteiger partial charge on any atom is 0.183 e. The molecule has 0 fully saturated rings. The van der Waals surface area contributed by atoms with Crippen LogP contribution in [0.15, 0.2) is 48.8 Å². The van der Waals surface area contributed by atoms with Crippen LogP contribution in [0.25, 0.3) is 11.4 Å². The van der Waals surface area contributed by atoms with Crippen LogP contribution in [-0.2, 0) is 6.42 Å². The number of aryl methyl sites for hydroxylation is 1. The van der Waals surface area contributed by atoms with E-state index in [-0.39, 0.29) is 11.4 Å². The fourth-order valence-electron chi connectivity index (χ4n) is 2.45. The predicted octanol–water partition coefficient (Wildman–Crippen LogP) is 3.02. The molecule has 2 heterocycles. The van der Waals surface area contributed by atoms with Crippen molar-refractivity contribution in [2.24, 2.45) is 0 Å². The Morgan fingerprint density at radius 1 is 1.12 bits per heavy atom. The minimum Gasteiger partial charge on any atom is -0.619 e. The summed E-state index contributed by atoms with van der Waals surface area (Å²) >= 11 is 0. The Kier molecular flexibility index (Phi) is 4.83. The Hall–Kier alpha value is -3.09. The SMILES string of the molecule is Cc1cc(NCCc2ccc[n+]([O-])c2)nc(-c2cc(F)cc(F)c2)n1. The number of hydrogen-bond acceptors (Lipinski definition) is 4. The first kappa shape index (κ1) is 16.8. The number of nitrogens with one attached hydrogen (secondary N) is 1. The largest absolute Gasteiger partial charge is 0.619 e. The van der Waals surface area contributed by atoms with E-state index >= 15 is 0 Å². The minimum atomic E-state index is -0.676. The van der Waals surface area contributed by atoms with E-state index < -0.39 is 11.6 Å². The van der Waals surface area contributed by atoms with E-state index in [0.29, 0.717) is 24.5 Å². The monoisotopic (exact) mass is 342 g/mol. The third-order valence-electron chi connectivity index (χ3n) is 3.53. The number of benzene rings is 1. The van der Waals surface area contributed by atoms with Crippen LogP contribution in [-0.4, -0.2) is 16.5 Å². The molecule has 0 saturated carbocycles. The summed E-state index contributed by atoms with van der Waals surface area (Å²) < 4.78 is 27.5. The molecule has 1 N–H and O–H groups in total. The van der Waals surface area contributed by atoms with Crippen molar-refractivity contribution in [2.75, 3.05) is 11.9 Å². The van der Waals surface area contributed by atoms with Gasteiger partial charge in [0.05, 0.1) is 0 Å². The van der Waals surface area contributed by atoms with Gasteiger partial charge in [0.1, 0.15) is 17.5 Å². The lowest BCUT2D eigenvalue weighted by Gasteiger charge is -2.09. The van der Waals surface area contributed by atoms with Crippen molar-refractivity contribution in [3.8, 4) is 11.4 Å². The van der Waals surface area contributed by atoms with Crippen LogP contribution in [0.3, 0.4) is 0 Å². The molecule has 25 heavy (non-hydrogen) atoms. The van der Waals surface area contributed by atoms with Crippen molar-refractivity contribution in [1.82, 2.24) is 9.97 Å². The van der Waals surface area contributed by atoms with E-state index in [2.05, 4.69) is 15.3 Å². The molecule has 3 rings (SSSR count). The van der Waals surface area contributed by atoms with Gasteiger partial charge in [-0.05, 0) is 31.5 Å². The number of anilines is 1. The summed E-state index contributed by atoms with van der Waals surface area (Å²) in [4.78, 5) is 8.55. The Morgan fingerprint density at radius 2 is 1.88 bits per heavy atom. The summed E-state index contributed by atoms with van der Waals surface area (Å²) in [6.07, 6.45) is 3.57. The van der Waals surface area contributed by atoms with Gasteiger partial charge < -0.3 is 10.5 Å². The lowest BCUT2D eigenvalue weighted by atomic mass is 10.2. The highest BCUT2D eigenvalue weighted by Crippen LogP contribution is 2.20. The summed E-state index contributed by atoms with van der Waals surface area (Å²) in [7, 11) is 0. The highest BCUT2D eigenvalue weighted by atomic mass is 19.1. The van der Waals surface area contributed by atoms with Crippen LogP contribution >= 0.6 is 0 Å². The van der Waals surface area contributed by atoms with Crippen molar-refractivity contribution in [3.63, 3.8) is 0 Å². The third-order valence-corrected chi connectivity index (χ3v) is 3.53. The van der Waals surface area contributed by atoms with Crippen molar-refractivity contribution in [3.05, 3.63) is 76.9 Å². The normalized spacial score (nSPS) is 10.7. The van der Waals surface area contributed by atoms with E-state index in [0.717, 1.165) is 16.4 Å². The molecule has 0 amide bonds. The second-order valence-electron chi connectivity index (χ2n) is 5.63. The molecule has 1 aromatic carbocycles. The van der Waals surface area contributed by atoms with E-state index in [1.807, 2.05) is 6.07 Å². The number of pyridine rings is 1. The number of hydrogen-bond donors (Lipinski definition) is 1. The second-order valence-corrected chi connectivity index (χ2v) is 5.63. The number of halogens is 2. The summed E-state index contributed by atoms with van der Waals surface area (Å²) in [5, 5.41) is 14.4. The van der Waals surface area contributed by atoms with E-state index in [1.54, 1.807) is 19.1 Å². The average Bonchev–Trinajstić information content (AvgIpc) is 2.53. The molecule has 0 aliphatic heterocycles. The lowest BCUT2D eigenvalue weighted by Crippen LogP contribution is -2.25. The highest BCUT2D eigenvalue weighted by molar-refractivity contribution is 5.57. The molecule has 0 aliphatic rings. The third kappa shape index (κ3) is 4.47. The quantitative estimate of drug-likeness (QED) is 0.572. The summed E-state index contributed by atoms with van der Waals surface area (Å²) in [5.41, 5.74) is 1.84. The Bertz CT molecular complexity index is 882. The Balaban J connectivity index is 1.75. The molecular weight excluding hydrogens is 326 g/mol.